The molecule has 1 fully saturated rings. The first-order chi connectivity index (χ1) is 9.97. The monoisotopic (exact) mass is 368 g/mol. The van der Waals surface area contributed by atoms with E-state index in [0.29, 0.717) is 35.4 Å². The largest absolute Gasteiger partial charge is 0.481 e. The number of hydrogen-bond donors (Lipinski definition) is 3. The third-order valence-electron chi connectivity index (χ3n) is 3.42. The number of halogens is 3. The molecule has 1 aromatic carbocycles. The van der Waals surface area contributed by atoms with Crippen molar-refractivity contribution in [2.24, 2.45) is 5.92 Å². The van der Waals surface area contributed by atoms with Gasteiger partial charge < -0.3 is 20.5 Å². The van der Waals surface area contributed by atoms with E-state index in [1.165, 1.54) is 0 Å². The lowest BCUT2D eigenvalue weighted by Gasteiger charge is -2.18. The number of benzene rings is 1. The van der Waals surface area contributed by atoms with Crippen LogP contribution in [-0.4, -0.2) is 42.9 Å². The Kier molecular flexibility index (Phi) is 7.72. The van der Waals surface area contributed by atoms with E-state index in [9.17, 15) is 9.90 Å². The molecule has 2 rings (SSSR count). The topological polar surface area (TPSA) is 70.6 Å². The summed E-state index contributed by atoms with van der Waals surface area (Å²) >= 11 is 11.7. The minimum absolute atomic E-state index is 0. The first-order valence-corrected chi connectivity index (χ1v) is 7.51. The number of β-amino-alcohol motifs (C(OH)–C–C–N with tert-alkyl or cyclic N) is 1. The zero-order valence-corrected chi connectivity index (χ0v) is 14.3. The Bertz CT molecular complexity index is 516. The molecule has 0 aromatic heterocycles. The molecule has 1 saturated heterocycles. The zero-order chi connectivity index (χ0) is 15.4. The van der Waals surface area contributed by atoms with E-state index in [0.717, 1.165) is 0 Å². The highest BCUT2D eigenvalue weighted by Gasteiger charge is 2.26. The third-order valence-corrected chi connectivity index (χ3v) is 4.15. The molecule has 0 spiro atoms. The fourth-order valence-corrected chi connectivity index (χ4v) is 2.40. The maximum atomic E-state index is 12.0. The third kappa shape index (κ3) is 5.18. The van der Waals surface area contributed by atoms with Crippen molar-refractivity contribution in [2.75, 3.05) is 19.6 Å². The van der Waals surface area contributed by atoms with Gasteiger partial charge in [-0.1, -0.05) is 23.2 Å². The Morgan fingerprint density at radius 2 is 2.18 bits per heavy atom. The maximum Gasteiger partial charge on any atom is 0.260 e. The molecular weight excluding hydrogens is 351 g/mol. The number of carbonyl (C=O) groups excluding carboxylic acids is 1. The standard InChI is InChI=1S/C14H18Cl2N2O3.ClH/c1-8(21-10-2-3-11(15)12(16)4-10)14(20)18-6-9-5-17-7-13(9)19;/h2-4,8-9,13,17,19H,5-7H2,1H3,(H,18,20);1H. The number of ether oxygens (including phenoxy) is 1. The second kappa shape index (κ2) is 8.79. The van der Waals surface area contributed by atoms with Gasteiger partial charge in [0.15, 0.2) is 6.10 Å². The molecular formula is C14H19Cl3N2O3. The van der Waals surface area contributed by atoms with Crippen LogP contribution in [0.15, 0.2) is 18.2 Å². The Hall–Kier alpha value is -0.720. The molecule has 0 radical (unpaired) electrons. The molecule has 8 heteroatoms. The summed E-state index contributed by atoms with van der Waals surface area (Å²) in [6, 6.07) is 4.84. The zero-order valence-electron chi connectivity index (χ0n) is 12.0. The van der Waals surface area contributed by atoms with Crippen LogP contribution in [0.4, 0.5) is 0 Å². The van der Waals surface area contributed by atoms with Crippen molar-refractivity contribution in [3.05, 3.63) is 28.2 Å². The van der Waals surface area contributed by atoms with Crippen LogP contribution in [-0.2, 0) is 4.79 Å². The first kappa shape index (κ1) is 19.3. The predicted molar refractivity (Wildman–Crippen MR) is 89.2 cm³/mol. The quantitative estimate of drug-likeness (QED) is 0.741. The summed E-state index contributed by atoms with van der Waals surface area (Å²) in [4.78, 5) is 12.0. The molecule has 3 atom stereocenters. The molecule has 1 aliphatic heterocycles. The maximum absolute atomic E-state index is 12.0. The smallest absolute Gasteiger partial charge is 0.260 e. The molecule has 124 valence electrons. The van der Waals surface area contributed by atoms with Crippen molar-refractivity contribution >= 4 is 41.5 Å². The average molecular weight is 370 g/mol. The van der Waals surface area contributed by atoms with Crippen LogP contribution in [0.25, 0.3) is 0 Å². The van der Waals surface area contributed by atoms with Crippen molar-refractivity contribution in [3.63, 3.8) is 0 Å². The molecule has 0 aliphatic carbocycles. The number of rotatable bonds is 5. The summed E-state index contributed by atoms with van der Waals surface area (Å²) in [7, 11) is 0. The second-order valence-electron chi connectivity index (χ2n) is 5.07. The van der Waals surface area contributed by atoms with Crippen LogP contribution in [0.2, 0.25) is 10.0 Å². The van der Waals surface area contributed by atoms with Gasteiger partial charge in [0.2, 0.25) is 0 Å². The van der Waals surface area contributed by atoms with E-state index in [2.05, 4.69) is 10.6 Å². The lowest BCUT2D eigenvalue weighted by molar-refractivity contribution is -0.127. The molecule has 1 heterocycles. The van der Waals surface area contributed by atoms with Crippen LogP contribution in [0.3, 0.4) is 0 Å². The van der Waals surface area contributed by atoms with Gasteiger partial charge in [0.25, 0.3) is 5.91 Å². The highest BCUT2D eigenvalue weighted by Crippen LogP contribution is 2.26. The lowest BCUT2D eigenvalue weighted by Crippen LogP contribution is -2.41. The van der Waals surface area contributed by atoms with E-state index in [4.69, 9.17) is 27.9 Å². The molecule has 1 aromatic rings. The first-order valence-electron chi connectivity index (χ1n) is 6.75. The number of aliphatic hydroxyl groups excluding tert-OH is 1. The number of amides is 1. The number of aliphatic hydroxyl groups is 1. The SMILES string of the molecule is CC(Oc1ccc(Cl)c(Cl)c1)C(=O)NCC1CNCC1O.Cl. The van der Waals surface area contributed by atoms with Crippen LogP contribution < -0.4 is 15.4 Å². The van der Waals surface area contributed by atoms with Crippen molar-refractivity contribution in [1.29, 1.82) is 0 Å². The molecule has 3 N–H and O–H groups in total. The van der Waals surface area contributed by atoms with Crippen LogP contribution in [0, 0.1) is 5.92 Å². The fraction of sp³-hybridized carbons (Fsp3) is 0.500. The Morgan fingerprint density at radius 1 is 1.45 bits per heavy atom. The fourth-order valence-electron chi connectivity index (χ4n) is 2.11. The molecule has 0 saturated carbocycles. The summed E-state index contributed by atoms with van der Waals surface area (Å²) in [5, 5.41) is 16.3. The van der Waals surface area contributed by atoms with E-state index in [-0.39, 0.29) is 24.2 Å². The van der Waals surface area contributed by atoms with Crippen LogP contribution >= 0.6 is 35.6 Å². The van der Waals surface area contributed by atoms with Gasteiger partial charge in [-0.15, -0.1) is 12.4 Å². The lowest BCUT2D eigenvalue weighted by atomic mass is 10.1. The van der Waals surface area contributed by atoms with E-state index < -0.39 is 12.2 Å². The van der Waals surface area contributed by atoms with Crippen molar-refractivity contribution < 1.29 is 14.6 Å². The Morgan fingerprint density at radius 3 is 2.77 bits per heavy atom. The van der Waals surface area contributed by atoms with E-state index in [1.54, 1.807) is 25.1 Å². The molecule has 3 unspecified atom stereocenters. The summed E-state index contributed by atoms with van der Waals surface area (Å²) in [5.74, 6) is 0.279. The normalized spacial score (nSPS) is 21.8. The van der Waals surface area contributed by atoms with Crippen molar-refractivity contribution in [1.82, 2.24) is 10.6 Å². The van der Waals surface area contributed by atoms with Gasteiger partial charge in [-0.3, -0.25) is 4.79 Å². The summed E-state index contributed by atoms with van der Waals surface area (Å²) in [5.41, 5.74) is 0. The highest BCUT2D eigenvalue weighted by atomic mass is 35.5. The number of carbonyl (C=O) groups is 1. The van der Waals surface area contributed by atoms with Gasteiger partial charge in [0, 0.05) is 31.6 Å². The van der Waals surface area contributed by atoms with E-state index >= 15 is 0 Å². The highest BCUT2D eigenvalue weighted by molar-refractivity contribution is 6.42. The Labute approximate surface area is 145 Å². The van der Waals surface area contributed by atoms with Gasteiger partial charge in [0.05, 0.1) is 16.1 Å². The van der Waals surface area contributed by atoms with Gasteiger partial charge in [0.1, 0.15) is 5.75 Å². The number of hydrogen-bond acceptors (Lipinski definition) is 4. The van der Waals surface area contributed by atoms with Crippen molar-refractivity contribution in [3.8, 4) is 5.75 Å². The minimum Gasteiger partial charge on any atom is -0.481 e. The number of nitrogens with one attached hydrogen (secondary N) is 2. The van der Waals surface area contributed by atoms with Crippen LogP contribution in [0.5, 0.6) is 5.75 Å². The molecule has 0 bridgehead atoms. The molecule has 5 nitrogen and oxygen atoms in total. The Balaban J connectivity index is 0.00000242. The average Bonchev–Trinajstić information content (AvgIpc) is 2.85. The summed E-state index contributed by atoms with van der Waals surface area (Å²) < 4.78 is 5.52. The second-order valence-corrected chi connectivity index (χ2v) is 5.88. The summed E-state index contributed by atoms with van der Waals surface area (Å²) in [6.45, 7) is 3.34. The predicted octanol–water partition coefficient (Wildman–Crippen LogP) is 1.88. The molecule has 1 aliphatic rings. The van der Waals surface area contributed by atoms with Gasteiger partial charge in [-0.05, 0) is 19.1 Å². The van der Waals surface area contributed by atoms with Crippen LogP contribution in [0.1, 0.15) is 6.92 Å². The molecule has 22 heavy (non-hydrogen) atoms. The molecule has 1 amide bonds. The van der Waals surface area contributed by atoms with E-state index in [1.807, 2.05) is 0 Å². The minimum atomic E-state index is -0.659. The van der Waals surface area contributed by atoms with Gasteiger partial charge in [-0.25, -0.2) is 0 Å². The van der Waals surface area contributed by atoms with Gasteiger partial charge in [-0.2, -0.15) is 0 Å². The summed E-state index contributed by atoms with van der Waals surface area (Å²) in [6.07, 6.45) is -1.08. The van der Waals surface area contributed by atoms with Gasteiger partial charge >= 0.3 is 0 Å². The van der Waals surface area contributed by atoms with Crippen molar-refractivity contribution in [2.45, 2.75) is 19.1 Å².